The van der Waals surface area contributed by atoms with Gasteiger partial charge in [0.1, 0.15) is 19.3 Å². The number of esters is 4. The van der Waals surface area contributed by atoms with Crippen LogP contribution in [0.5, 0.6) is 0 Å². The summed E-state index contributed by atoms with van der Waals surface area (Å²) in [4.78, 5) is 73.0. The normalized spacial score (nSPS) is 14.5. The second-order valence-corrected chi connectivity index (χ2v) is 29.5. The van der Waals surface area contributed by atoms with Gasteiger partial charge in [0.25, 0.3) is 0 Å². The van der Waals surface area contributed by atoms with Gasteiger partial charge in [0.05, 0.1) is 26.4 Å². The third-order valence-electron chi connectivity index (χ3n) is 16.8. The summed E-state index contributed by atoms with van der Waals surface area (Å²) in [6.45, 7) is 4.67. The number of rotatable bonds is 75. The van der Waals surface area contributed by atoms with Crippen LogP contribution < -0.4 is 0 Å². The van der Waals surface area contributed by atoms with Crippen molar-refractivity contribution in [2.75, 3.05) is 39.6 Å². The topological polar surface area (TPSA) is 237 Å². The van der Waals surface area contributed by atoms with Gasteiger partial charge in [0.15, 0.2) is 12.2 Å². The lowest BCUT2D eigenvalue weighted by Crippen LogP contribution is -2.30. The van der Waals surface area contributed by atoms with Crippen molar-refractivity contribution in [3.63, 3.8) is 0 Å². The Kier molecular flexibility index (Phi) is 71.8. The van der Waals surface area contributed by atoms with E-state index in [1.165, 1.54) is 128 Å². The fraction of sp³-hybridized carbons (Fsp3) is 0.735. The standard InChI is InChI=1S/C83H144O17P2/c1-5-9-13-17-21-25-29-33-35-37-38-40-41-45-48-52-56-60-64-68-81(86)94-74-79(100-83(88)70-66-62-58-54-50-46-42-39-36-34-30-26-22-18-14-10-6-2)76-98-102(91,92)96-72-77(84)71-95-101(89,90)97-75-78(99-82(87)69-65-61-57-53-49-44-32-28-24-20-16-12-8-4)73-93-80(85)67-63-59-55-51-47-43-31-27-23-19-15-11-7-3/h9,13,21-22,25-26,33-36,38,40,42,45-46,48,54,58,77-79,84H,5-8,10-12,14-20,23-24,27-32,37,39,41,43-44,47,49-53,55-57,59-76H2,1-4H3,(H,89,90)(H,91,92)/b13-9-,25-21-,26-22-,35-33-,36-34-,40-38-,46-42-,48-45-,58-54-/t77-,78+,79+/m0/s1. The lowest BCUT2D eigenvalue weighted by molar-refractivity contribution is -0.161. The minimum Gasteiger partial charge on any atom is -0.462 e. The van der Waals surface area contributed by atoms with E-state index in [1.54, 1.807) is 0 Å². The van der Waals surface area contributed by atoms with Crippen LogP contribution in [0.1, 0.15) is 336 Å². The Balaban J connectivity index is 5.42. The molecule has 0 aromatic rings. The molecule has 17 nitrogen and oxygen atoms in total. The highest BCUT2D eigenvalue weighted by Gasteiger charge is 2.30. The molecular formula is C83H144O17P2. The second kappa shape index (κ2) is 75.0. The first-order valence-electron chi connectivity index (χ1n) is 40.1. The highest BCUT2D eigenvalue weighted by Crippen LogP contribution is 2.45. The lowest BCUT2D eigenvalue weighted by Gasteiger charge is -2.21. The summed E-state index contributed by atoms with van der Waals surface area (Å²) in [5.74, 6) is -2.26. The minimum atomic E-state index is -5.00. The van der Waals surface area contributed by atoms with Crippen LogP contribution in [-0.2, 0) is 65.4 Å². The first-order chi connectivity index (χ1) is 49.7. The van der Waals surface area contributed by atoms with Gasteiger partial charge < -0.3 is 33.8 Å². The molecule has 0 rings (SSSR count). The number of unbranched alkanes of at least 4 members (excludes halogenated alkanes) is 31. The van der Waals surface area contributed by atoms with Crippen LogP contribution >= 0.6 is 15.6 Å². The molecule has 0 aliphatic carbocycles. The van der Waals surface area contributed by atoms with Crippen LogP contribution in [0.4, 0.5) is 0 Å². The van der Waals surface area contributed by atoms with Crippen molar-refractivity contribution in [3.05, 3.63) is 109 Å². The Hall–Kier alpha value is -4.28. The number of aliphatic hydroxyl groups excluding tert-OH is 1. The maximum absolute atomic E-state index is 13.1. The highest BCUT2D eigenvalue weighted by molar-refractivity contribution is 7.47. The van der Waals surface area contributed by atoms with Gasteiger partial charge in [-0.25, -0.2) is 9.13 Å². The molecule has 0 saturated heterocycles. The summed E-state index contributed by atoms with van der Waals surface area (Å²) < 4.78 is 68.5. The molecule has 3 N–H and O–H groups in total. The predicted octanol–water partition coefficient (Wildman–Crippen LogP) is 23.3. The van der Waals surface area contributed by atoms with Crippen molar-refractivity contribution in [3.8, 4) is 0 Å². The predicted molar refractivity (Wildman–Crippen MR) is 418 cm³/mol. The van der Waals surface area contributed by atoms with Gasteiger partial charge in [0, 0.05) is 25.7 Å². The highest BCUT2D eigenvalue weighted by atomic mass is 31.2. The van der Waals surface area contributed by atoms with Gasteiger partial charge in [-0.05, 0) is 109 Å². The molecule has 0 aliphatic heterocycles. The fourth-order valence-electron chi connectivity index (χ4n) is 10.7. The molecule has 0 fully saturated rings. The van der Waals surface area contributed by atoms with E-state index in [1.807, 2.05) is 12.2 Å². The second-order valence-electron chi connectivity index (χ2n) is 26.6. The maximum Gasteiger partial charge on any atom is 0.472 e. The van der Waals surface area contributed by atoms with Gasteiger partial charge in [0.2, 0.25) is 0 Å². The Bertz CT molecular complexity index is 2360. The van der Waals surface area contributed by atoms with Gasteiger partial charge in [-0.3, -0.25) is 37.3 Å². The first-order valence-corrected chi connectivity index (χ1v) is 43.1. The maximum atomic E-state index is 13.1. The van der Waals surface area contributed by atoms with Gasteiger partial charge in [-0.2, -0.15) is 0 Å². The Morgan fingerprint density at radius 1 is 0.284 bits per heavy atom. The van der Waals surface area contributed by atoms with E-state index in [0.29, 0.717) is 32.1 Å². The summed E-state index contributed by atoms with van der Waals surface area (Å²) in [6, 6.07) is 0. The molecule has 0 spiro atoms. The molecule has 102 heavy (non-hydrogen) atoms. The summed E-state index contributed by atoms with van der Waals surface area (Å²) in [5.41, 5.74) is 0. The van der Waals surface area contributed by atoms with Gasteiger partial charge in [-0.15, -0.1) is 0 Å². The molecule has 0 aromatic heterocycles. The van der Waals surface area contributed by atoms with E-state index >= 15 is 0 Å². The van der Waals surface area contributed by atoms with Crippen LogP contribution in [0.15, 0.2) is 109 Å². The molecule has 5 atom stereocenters. The van der Waals surface area contributed by atoms with E-state index < -0.39 is 97.5 Å². The third kappa shape index (κ3) is 74.0. The summed E-state index contributed by atoms with van der Waals surface area (Å²) >= 11 is 0. The minimum absolute atomic E-state index is 0.0105. The average Bonchev–Trinajstić information content (AvgIpc) is 0.923. The molecule has 0 bridgehead atoms. The van der Waals surface area contributed by atoms with Gasteiger partial charge >= 0.3 is 39.5 Å². The monoisotopic (exact) mass is 1470 g/mol. The van der Waals surface area contributed by atoms with Crippen LogP contribution in [0, 0.1) is 0 Å². The number of phosphoric ester groups is 2. The van der Waals surface area contributed by atoms with Crippen molar-refractivity contribution in [2.45, 2.75) is 354 Å². The summed E-state index contributed by atoms with van der Waals surface area (Å²) in [6.07, 6.45) is 80.7. The fourth-order valence-corrected chi connectivity index (χ4v) is 12.2. The zero-order valence-corrected chi connectivity index (χ0v) is 66.0. The molecule has 19 heteroatoms. The Labute approximate surface area is 619 Å². The Morgan fingerprint density at radius 2 is 0.520 bits per heavy atom. The van der Waals surface area contributed by atoms with E-state index in [2.05, 4.69) is 125 Å². The largest absolute Gasteiger partial charge is 0.472 e. The molecule has 0 amide bonds. The molecule has 0 radical (unpaired) electrons. The van der Waals surface area contributed by atoms with Crippen LogP contribution in [0.2, 0.25) is 0 Å². The summed E-state index contributed by atoms with van der Waals surface area (Å²) in [7, 11) is -9.98. The van der Waals surface area contributed by atoms with Crippen molar-refractivity contribution in [2.24, 2.45) is 0 Å². The van der Waals surface area contributed by atoms with Crippen molar-refractivity contribution in [1.82, 2.24) is 0 Å². The number of ether oxygens (including phenoxy) is 4. The third-order valence-corrected chi connectivity index (χ3v) is 18.7. The van der Waals surface area contributed by atoms with E-state index in [9.17, 15) is 43.2 Å². The van der Waals surface area contributed by atoms with Crippen molar-refractivity contribution < 1.29 is 80.2 Å². The van der Waals surface area contributed by atoms with E-state index in [-0.39, 0.29) is 25.7 Å². The summed E-state index contributed by atoms with van der Waals surface area (Å²) in [5, 5.41) is 10.6. The number of hydrogen-bond acceptors (Lipinski definition) is 15. The zero-order valence-electron chi connectivity index (χ0n) is 64.3. The van der Waals surface area contributed by atoms with E-state index in [4.69, 9.17) is 37.0 Å². The zero-order chi connectivity index (χ0) is 74.6. The number of phosphoric acid groups is 2. The number of aliphatic hydroxyl groups is 1. The SMILES string of the molecule is CC/C=C\C/C=C\C/C=C\C/C=C\C/C=C\CCCCCC(=O)OC[C@H](COP(=O)(O)OC[C@@H](O)COP(=O)(O)OC[C@@H](COC(=O)CCCCCCCCCCCCCCC)OC(=O)CCCCCCCCCCCCCCC)OC(=O)CCC/C=C\C/C=C\C/C=C\C/C=C\CCCCC. The van der Waals surface area contributed by atoms with Crippen molar-refractivity contribution >= 4 is 39.5 Å². The molecule has 0 aromatic carbocycles. The molecular weight excluding hydrogens is 1330 g/mol. The Morgan fingerprint density at radius 3 is 0.843 bits per heavy atom. The van der Waals surface area contributed by atoms with E-state index in [0.717, 1.165) is 122 Å². The lowest BCUT2D eigenvalue weighted by atomic mass is 10.0. The molecule has 0 aliphatic rings. The van der Waals surface area contributed by atoms with Crippen LogP contribution in [-0.4, -0.2) is 96.7 Å². The molecule has 0 heterocycles. The average molecular weight is 1480 g/mol. The van der Waals surface area contributed by atoms with Crippen LogP contribution in [0.3, 0.4) is 0 Å². The number of carbonyl (C=O) groups is 4. The molecule has 2 unspecified atom stereocenters. The van der Waals surface area contributed by atoms with Crippen molar-refractivity contribution in [1.29, 1.82) is 0 Å². The van der Waals surface area contributed by atoms with Gasteiger partial charge in [-0.1, -0.05) is 310 Å². The smallest absolute Gasteiger partial charge is 0.462 e. The molecule has 588 valence electrons. The number of allylic oxidation sites excluding steroid dienone is 18. The number of carbonyl (C=O) groups excluding carboxylic acids is 4. The quantitative estimate of drug-likeness (QED) is 0.0169. The van der Waals surface area contributed by atoms with Crippen LogP contribution in [0.25, 0.3) is 0 Å². The number of hydrogen-bond donors (Lipinski definition) is 3. The molecule has 0 saturated carbocycles. The first kappa shape index (κ1) is 97.7.